The lowest BCUT2D eigenvalue weighted by molar-refractivity contribution is -0.137. The molecule has 6 heterocycles. The lowest BCUT2D eigenvalue weighted by Gasteiger charge is -2.37. The summed E-state index contributed by atoms with van der Waals surface area (Å²) in [7, 11) is 3.10. The largest absolute Gasteiger partial charge is 0.481 e. The second-order valence-electron chi connectivity index (χ2n) is 12.8. The lowest BCUT2D eigenvalue weighted by Crippen LogP contribution is -2.48. The highest BCUT2D eigenvalue weighted by atomic mass is 19.4. The molecule has 0 bridgehead atoms. The maximum absolute atomic E-state index is 14.8. The number of benzene rings is 2. The number of rotatable bonds is 5. The Kier molecular flexibility index (Phi) is 7.95. The van der Waals surface area contributed by atoms with Crippen LogP contribution in [0.25, 0.3) is 38.8 Å². The number of pyridine rings is 2. The third-order valence-electron chi connectivity index (χ3n) is 9.80. The van der Waals surface area contributed by atoms with Crippen molar-refractivity contribution in [3.63, 3.8) is 0 Å². The number of carbonyl (C=O) groups is 1. The van der Waals surface area contributed by atoms with Gasteiger partial charge in [-0.15, -0.1) is 0 Å². The van der Waals surface area contributed by atoms with Crippen LogP contribution in [0.4, 0.5) is 29.6 Å². The standard InChI is InChI=1S/C36H32F3N9O4/c1-44-30-19-40-28-6-3-21(22-4-8-31(52-2)41-17-22)15-25(28)32(30)48(34(44)49)24-5-7-29(26(16-24)36(37,38)39)45-11-13-46(14-12-45)33-42-18-23-20-47(35(50)51)10-9-27(23)43-33/h3-8,15-19H,9-14,20H2,1-2H3,(H,50,51). The Hall–Kier alpha value is -6.19. The number of hydrogen-bond donors (Lipinski definition) is 1. The van der Waals surface area contributed by atoms with Crippen LogP contribution in [-0.2, 0) is 26.2 Å². The summed E-state index contributed by atoms with van der Waals surface area (Å²) in [5, 5.41) is 9.91. The van der Waals surface area contributed by atoms with E-state index in [1.165, 1.54) is 27.2 Å². The smallest absolute Gasteiger partial charge is 0.418 e. The van der Waals surface area contributed by atoms with Crippen LogP contribution in [-0.4, -0.2) is 85.0 Å². The van der Waals surface area contributed by atoms with Gasteiger partial charge in [-0.2, -0.15) is 13.2 Å². The maximum atomic E-state index is 14.8. The minimum absolute atomic E-state index is 0.0186. The molecule has 4 aromatic heterocycles. The lowest BCUT2D eigenvalue weighted by atomic mass is 10.0. The first-order valence-corrected chi connectivity index (χ1v) is 16.5. The molecule has 8 rings (SSSR count). The summed E-state index contributed by atoms with van der Waals surface area (Å²) in [4.78, 5) is 48.0. The van der Waals surface area contributed by atoms with Crippen molar-refractivity contribution in [3.8, 4) is 22.7 Å². The average molecular weight is 712 g/mol. The van der Waals surface area contributed by atoms with Gasteiger partial charge in [0.1, 0.15) is 0 Å². The molecule has 0 saturated carbocycles. The third-order valence-corrected chi connectivity index (χ3v) is 9.80. The summed E-state index contributed by atoms with van der Waals surface area (Å²) in [5.41, 5.74) is 3.34. The van der Waals surface area contributed by atoms with E-state index >= 15 is 0 Å². The van der Waals surface area contributed by atoms with Gasteiger partial charge in [-0.3, -0.25) is 14.1 Å². The molecule has 13 nitrogen and oxygen atoms in total. The predicted molar refractivity (Wildman–Crippen MR) is 187 cm³/mol. The zero-order valence-electron chi connectivity index (χ0n) is 28.1. The number of carboxylic acid groups (broad SMARTS) is 1. The van der Waals surface area contributed by atoms with Crippen molar-refractivity contribution in [2.75, 3.05) is 49.6 Å². The summed E-state index contributed by atoms with van der Waals surface area (Å²) in [6.45, 7) is 1.88. The Morgan fingerprint density at radius 3 is 2.37 bits per heavy atom. The number of aromatic nitrogens is 6. The number of piperazine rings is 1. The molecule has 0 unspecified atom stereocenters. The number of ether oxygens (including phenoxy) is 1. The van der Waals surface area contributed by atoms with E-state index in [0.29, 0.717) is 59.8 Å². The molecule has 6 aromatic rings. The second kappa shape index (κ2) is 12.5. The van der Waals surface area contributed by atoms with Crippen molar-refractivity contribution < 1.29 is 27.8 Å². The van der Waals surface area contributed by atoms with Crippen LogP contribution in [0.5, 0.6) is 5.88 Å². The summed E-state index contributed by atoms with van der Waals surface area (Å²) in [6.07, 6.45) is -0.392. The minimum Gasteiger partial charge on any atom is -0.481 e. The van der Waals surface area contributed by atoms with E-state index < -0.39 is 23.5 Å². The van der Waals surface area contributed by atoms with Gasteiger partial charge in [0, 0.05) is 86.9 Å². The van der Waals surface area contributed by atoms with E-state index in [2.05, 4.69) is 19.9 Å². The van der Waals surface area contributed by atoms with Crippen molar-refractivity contribution >= 4 is 39.7 Å². The molecule has 0 aliphatic carbocycles. The number of halogens is 3. The number of aryl methyl sites for hydroxylation is 1. The molecular weight excluding hydrogens is 679 g/mol. The van der Waals surface area contributed by atoms with Gasteiger partial charge in [0.2, 0.25) is 11.8 Å². The summed E-state index contributed by atoms with van der Waals surface area (Å²) >= 11 is 0. The number of alkyl halides is 3. The zero-order chi connectivity index (χ0) is 36.3. The van der Waals surface area contributed by atoms with Crippen LogP contribution >= 0.6 is 0 Å². The van der Waals surface area contributed by atoms with Gasteiger partial charge in [0.25, 0.3) is 0 Å². The fourth-order valence-electron chi connectivity index (χ4n) is 7.02. The van der Waals surface area contributed by atoms with Crippen molar-refractivity contribution in [1.29, 1.82) is 0 Å². The van der Waals surface area contributed by atoms with Gasteiger partial charge in [-0.1, -0.05) is 6.07 Å². The summed E-state index contributed by atoms with van der Waals surface area (Å²) in [5.74, 6) is 0.925. The van der Waals surface area contributed by atoms with Gasteiger partial charge < -0.3 is 24.5 Å². The Balaban J connectivity index is 1.12. The van der Waals surface area contributed by atoms with Crippen molar-refractivity contribution in [2.24, 2.45) is 7.05 Å². The molecule has 2 aromatic carbocycles. The molecule has 0 atom stereocenters. The number of hydrogen-bond acceptors (Lipinski definition) is 9. The molecule has 1 saturated heterocycles. The molecule has 0 radical (unpaired) electrons. The maximum Gasteiger partial charge on any atom is 0.418 e. The number of methoxy groups -OCH3 is 1. The number of imidazole rings is 1. The Morgan fingerprint density at radius 1 is 0.885 bits per heavy atom. The van der Waals surface area contributed by atoms with Gasteiger partial charge >= 0.3 is 18.0 Å². The normalized spacial score (nSPS) is 15.0. The first-order chi connectivity index (χ1) is 25.0. The minimum atomic E-state index is -4.71. The fourth-order valence-corrected chi connectivity index (χ4v) is 7.02. The fraction of sp³-hybridized carbons (Fsp3) is 0.278. The third kappa shape index (κ3) is 5.69. The highest BCUT2D eigenvalue weighted by Gasteiger charge is 2.37. The summed E-state index contributed by atoms with van der Waals surface area (Å²) in [6, 6.07) is 13.1. The molecule has 1 N–H and O–H groups in total. The van der Waals surface area contributed by atoms with E-state index in [4.69, 9.17) is 4.74 Å². The Bertz CT molecular complexity index is 2420. The van der Waals surface area contributed by atoms with Crippen LogP contribution in [0.2, 0.25) is 0 Å². The van der Waals surface area contributed by atoms with Crippen LogP contribution in [0.1, 0.15) is 16.8 Å². The van der Waals surface area contributed by atoms with E-state index in [0.717, 1.165) is 28.5 Å². The van der Waals surface area contributed by atoms with Crippen molar-refractivity contribution in [1.82, 2.24) is 34.0 Å². The summed E-state index contributed by atoms with van der Waals surface area (Å²) < 4.78 is 52.4. The van der Waals surface area contributed by atoms with Gasteiger partial charge in [-0.25, -0.2) is 24.5 Å². The molecule has 2 aliphatic rings. The van der Waals surface area contributed by atoms with Crippen LogP contribution < -0.4 is 20.2 Å². The van der Waals surface area contributed by atoms with Crippen molar-refractivity contribution in [3.05, 3.63) is 94.4 Å². The van der Waals surface area contributed by atoms with Crippen molar-refractivity contribution in [2.45, 2.75) is 19.1 Å². The van der Waals surface area contributed by atoms with Crippen LogP contribution in [0.3, 0.4) is 0 Å². The van der Waals surface area contributed by atoms with E-state index in [1.54, 1.807) is 42.7 Å². The highest BCUT2D eigenvalue weighted by molar-refractivity contribution is 6.04. The zero-order valence-corrected chi connectivity index (χ0v) is 28.1. The van der Waals surface area contributed by atoms with E-state index in [-0.39, 0.29) is 31.0 Å². The number of amides is 1. The second-order valence-corrected chi connectivity index (χ2v) is 12.8. The van der Waals surface area contributed by atoms with E-state index in [9.17, 15) is 27.9 Å². The van der Waals surface area contributed by atoms with Crippen LogP contribution in [0.15, 0.2) is 71.9 Å². The number of nitrogens with zero attached hydrogens (tertiary/aromatic N) is 9. The van der Waals surface area contributed by atoms with Crippen LogP contribution in [0, 0.1) is 0 Å². The monoisotopic (exact) mass is 711 g/mol. The molecule has 1 fully saturated rings. The number of fused-ring (bicyclic) bond motifs is 4. The molecular formula is C36H32F3N9O4. The number of anilines is 2. The molecule has 52 heavy (non-hydrogen) atoms. The van der Waals surface area contributed by atoms with E-state index in [1.807, 2.05) is 29.2 Å². The molecule has 16 heteroatoms. The molecule has 0 spiro atoms. The molecule has 1 amide bonds. The van der Waals surface area contributed by atoms with Gasteiger partial charge in [-0.05, 0) is 42.0 Å². The van der Waals surface area contributed by atoms with Gasteiger partial charge in [0.15, 0.2) is 0 Å². The quantitative estimate of drug-likeness (QED) is 0.257. The molecule has 266 valence electrons. The van der Waals surface area contributed by atoms with Gasteiger partial charge in [0.05, 0.1) is 53.3 Å². The first-order valence-electron chi connectivity index (χ1n) is 16.5. The Labute approximate surface area is 294 Å². The Morgan fingerprint density at radius 2 is 1.65 bits per heavy atom. The predicted octanol–water partition coefficient (Wildman–Crippen LogP) is 5.12. The topological polar surface area (TPSA) is 135 Å². The SMILES string of the molecule is COc1ccc(-c2ccc3ncc4c(c3c2)n(-c2ccc(N3CCN(c5ncc6c(n5)CCN(C(=O)O)C6)CC3)c(C(F)(F)F)c2)c(=O)n4C)cn1. The molecule has 2 aliphatic heterocycles. The first kappa shape index (κ1) is 33.0. The average Bonchev–Trinajstić information content (AvgIpc) is 3.42. The highest BCUT2D eigenvalue weighted by Crippen LogP contribution is 2.39.